The molecular formula is C17H21ClN4O2S. The Morgan fingerprint density at radius 1 is 1.36 bits per heavy atom. The molecule has 134 valence electrons. The largest absolute Gasteiger partial charge is 0.330 e. The quantitative estimate of drug-likeness (QED) is 0.834. The highest BCUT2D eigenvalue weighted by atomic mass is 35.5. The second-order valence-corrected chi connectivity index (χ2v) is 6.61. The molecule has 0 unspecified atom stereocenters. The second-order valence-electron chi connectivity index (χ2n) is 5.67. The van der Waals surface area contributed by atoms with Crippen molar-refractivity contribution >= 4 is 46.9 Å². The van der Waals surface area contributed by atoms with Crippen LogP contribution >= 0.6 is 23.7 Å². The summed E-state index contributed by atoms with van der Waals surface area (Å²) >= 11 is 1.43. The molecule has 3 N–H and O–H groups in total. The molecule has 25 heavy (non-hydrogen) atoms. The Hall–Kier alpha value is -1.96. The predicted molar refractivity (Wildman–Crippen MR) is 103 cm³/mol. The zero-order valence-corrected chi connectivity index (χ0v) is 15.4. The minimum absolute atomic E-state index is 0. The smallest absolute Gasteiger partial charge is 0.275 e. The minimum atomic E-state index is -0.253. The van der Waals surface area contributed by atoms with Gasteiger partial charge in [0.2, 0.25) is 5.91 Å². The van der Waals surface area contributed by atoms with Crippen molar-refractivity contribution in [3.63, 3.8) is 0 Å². The zero-order valence-electron chi connectivity index (χ0n) is 13.7. The molecule has 1 aliphatic rings. The van der Waals surface area contributed by atoms with Gasteiger partial charge in [-0.05, 0) is 37.6 Å². The lowest BCUT2D eigenvalue weighted by atomic mass is 10.1. The van der Waals surface area contributed by atoms with Crippen LogP contribution in [0.25, 0.3) is 0 Å². The summed E-state index contributed by atoms with van der Waals surface area (Å²) in [7, 11) is 0. The van der Waals surface area contributed by atoms with Crippen molar-refractivity contribution in [2.24, 2.45) is 5.73 Å². The van der Waals surface area contributed by atoms with E-state index in [0.29, 0.717) is 30.8 Å². The predicted octanol–water partition coefficient (Wildman–Crippen LogP) is 2.84. The normalized spacial score (nSPS) is 14.1. The topological polar surface area (TPSA) is 88.3 Å². The van der Waals surface area contributed by atoms with Gasteiger partial charge in [0, 0.05) is 36.1 Å². The summed E-state index contributed by atoms with van der Waals surface area (Å²) in [6, 6.07) is 7.37. The minimum Gasteiger partial charge on any atom is -0.330 e. The number of hydrogen-bond acceptors (Lipinski definition) is 5. The number of amides is 2. The van der Waals surface area contributed by atoms with Crippen LogP contribution in [0.5, 0.6) is 0 Å². The van der Waals surface area contributed by atoms with Crippen molar-refractivity contribution in [1.82, 2.24) is 4.98 Å². The van der Waals surface area contributed by atoms with Crippen LogP contribution in [0.1, 0.15) is 34.8 Å². The van der Waals surface area contributed by atoms with Crippen molar-refractivity contribution in [3.05, 3.63) is 40.3 Å². The third kappa shape index (κ3) is 4.78. The third-order valence-corrected chi connectivity index (χ3v) is 4.79. The van der Waals surface area contributed by atoms with Gasteiger partial charge in [-0.15, -0.1) is 23.7 Å². The number of aromatic nitrogens is 1. The van der Waals surface area contributed by atoms with Crippen LogP contribution in [0.15, 0.2) is 29.6 Å². The van der Waals surface area contributed by atoms with Gasteiger partial charge in [0.1, 0.15) is 5.69 Å². The van der Waals surface area contributed by atoms with Crippen LogP contribution in [-0.2, 0) is 11.2 Å². The second kappa shape index (κ2) is 8.94. The lowest BCUT2D eigenvalue weighted by Crippen LogP contribution is -2.35. The number of thiazole rings is 1. The molecule has 6 nitrogen and oxygen atoms in total. The summed E-state index contributed by atoms with van der Waals surface area (Å²) in [6.45, 7) is 1.24. The molecule has 1 aliphatic heterocycles. The average molecular weight is 381 g/mol. The molecular weight excluding hydrogens is 360 g/mol. The summed E-state index contributed by atoms with van der Waals surface area (Å²) in [5.74, 6) is -0.118. The number of piperidine rings is 1. The van der Waals surface area contributed by atoms with Crippen molar-refractivity contribution in [1.29, 1.82) is 0 Å². The maximum absolute atomic E-state index is 12.3. The van der Waals surface area contributed by atoms with Gasteiger partial charge in [0.15, 0.2) is 0 Å². The Balaban J connectivity index is 0.00000225. The van der Waals surface area contributed by atoms with Gasteiger partial charge in [-0.1, -0.05) is 6.07 Å². The van der Waals surface area contributed by atoms with E-state index in [1.807, 2.05) is 24.3 Å². The van der Waals surface area contributed by atoms with Crippen LogP contribution in [0, 0.1) is 0 Å². The van der Waals surface area contributed by atoms with Gasteiger partial charge >= 0.3 is 0 Å². The highest BCUT2D eigenvalue weighted by Gasteiger charge is 2.20. The Morgan fingerprint density at radius 2 is 2.20 bits per heavy atom. The van der Waals surface area contributed by atoms with E-state index in [1.165, 1.54) is 11.3 Å². The van der Waals surface area contributed by atoms with Crippen LogP contribution in [0.2, 0.25) is 0 Å². The van der Waals surface area contributed by atoms with Crippen LogP contribution < -0.4 is 16.0 Å². The SMILES string of the molecule is Cl.NCCc1nc(C(=O)Nc2cccc(N3CCCCC3=O)c2)cs1. The van der Waals surface area contributed by atoms with Crippen LogP contribution in [-0.4, -0.2) is 29.9 Å². The number of anilines is 2. The number of nitrogens with two attached hydrogens (primary N) is 1. The first-order valence-electron chi connectivity index (χ1n) is 8.03. The van der Waals surface area contributed by atoms with Crippen molar-refractivity contribution in [3.8, 4) is 0 Å². The number of carbonyl (C=O) groups excluding carboxylic acids is 2. The first kappa shape index (κ1) is 19.4. The summed E-state index contributed by atoms with van der Waals surface area (Å²) in [5.41, 5.74) is 7.37. The maximum Gasteiger partial charge on any atom is 0.275 e. The highest BCUT2D eigenvalue weighted by molar-refractivity contribution is 7.09. The molecule has 8 heteroatoms. The average Bonchev–Trinajstić information content (AvgIpc) is 3.05. The van der Waals surface area contributed by atoms with Gasteiger partial charge in [0.25, 0.3) is 5.91 Å². The molecule has 0 bridgehead atoms. The standard InChI is InChI=1S/C17H20N4O2S.ClH/c18-8-7-15-20-14(11-24-15)17(23)19-12-4-3-5-13(10-12)21-9-2-1-6-16(21)22;/h3-5,10-11H,1-2,6-9,18H2,(H,19,23);1H. The molecule has 2 amide bonds. The molecule has 2 aromatic rings. The van der Waals surface area contributed by atoms with Crippen LogP contribution in [0.3, 0.4) is 0 Å². The third-order valence-electron chi connectivity index (χ3n) is 3.88. The van der Waals surface area contributed by atoms with E-state index in [9.17, 15) is 9.59 Å². The monoisotopic (exact) mass is 380 g/mol. The molecule has 2 heterocycles. The molecule has 1 fully saturated rings. The molecule has 0 aliphatic carbocycles. The molecule has 3 rings (SSSR count). The Kier molecular flexibility index (Phi) is 6.92. The summed E-state index contributed by atoms with van der Waals surface area (Å²) < 4.78 is 0. The fourth-order valence-corrected chi connectivity index (χ4v) is 3.47. The number of nitrogens with zero attached hydrogens (tertiary/aromatic N) is 2. The highest BCUT2D eigenvalue weighted by Crippen LogP contribution is 2.24. The summed E-state index contributed by atoms with van der Waals surface area (Å²) in [4.78, 5) is 30.4. The van der Waals surface area contributed by atoms with Crippen LogP contribution in [0.4, 0.5) is 11.4 Å². The fourth-order valence-electron chi connectivity index (χ4n) is 2.68. The van der Waals surface area contributed by atoms with E-state index in [1.54, 1.807) is 10.3 Å². The van der Waals surface area contributed by atoms with E-state index < -0.39 is 0 Å². The number of benzene rings is 1. The van der Waals surface area contributed by atoms with Crippen molar-refractivity contribution in [2.75, 3.05) is 23.3 Å². The Bertz CT molecular complexity index is 750. The van der Waals surface area contributed by atoms with Gasteiger partial charge in [-0.3, -0.25) is 9.59 Å². The first-order chi connectivity index (χ1) is 11.7. The Labute approximate surface area is 156 Å². The van der Waals surface area contributed by atoms with Crippen molar-refractivity contribution in [2.45, 2.75) is 25.7 Å². The van der Waals surface area contributed by atoms with Gasteiger partial charge in [-0.25, -0.2) is 4.98 Å². The van der Waals surface area contributed by atoms with Crippen molar-refractivity contribution < 1.29 is 9.59 Å². The molecule has 1 aromatic heterocycles. The number of nitrogens with one attached hydrogen (secondary N) is 1. The number of hydrogen-bond donors (Lipinski definition) is 2. The molecule has 0 spiro atoms. The first-order valence-corrected chi connectivity index (χ1v) is 8.91. The summed E-state index contributed by atoms with van der Waals surface area (Å²) in [5, 5.41) is 5.44. The van der Waals surface area contributed by atoms with E-state index >= 15 is 0 Å². The fraction of sp³-hybridized carbons (Fsp3) is 0.353. The lowest BCUT2D eigenvalue weighted by molar-refractivity contribution is -0.119. The van der Waals surface area contributed by atoms with Gasteiger partial charge < -0.3 is 16.0 Å². The van der Waals surface area contributed by atoms with Gasteiger partial charge in [0.05, 0.1) is 5.01 Å². The zero-order chi connectivity index (χ0) is 16.9. The van der Waals surface area contributed by atoms with E-state index in [2.05, 4.69) is 10.3 Å². The van der Waals surface area contributed by atoms with E-state index in [0.717, 1.165) is 30.1 Å². The van der Waals surface area contributed by atoms with E-state index in [4.69, 9.17) is 5.73 Å². The number of halogens is 1. The van der Waals surface area contributed by atoms with Gasteiger partial charge in [-0.2, -0.15) is 0 Å². The molecule has 1 aromatic carbocycles. The summed E-state index contributed by atoms with van der Waals surface area (Å²) in [6.07, 6.45) is 3.20. The molecule has 0 saturated carbocycles. The maximum atomic E-state index is 12.3. The number of rotatable bonds is 5. The number of carbonyl (C=O) groups is 2. The molecule has 0 radical (unpaired) electrons. The lowest BCUT2D eigenvalue weighted by Gasteiger charge is -2.27. The molecule has 1 saturated heterocycles. The Morgan fingerprint density at radius 3 is 2.96 bits per heavy atom. The molecule has 0 atom stereocenters. The van der Waals surface area contributed by atoms with E-state index in [-0.39, 0.29) is 24.2 Å².